The molecule has 0 amide bonds. The molecular formula is C10H9FN2O. The molecule has 0 radical (unpaired) electrons. The number of ketones is 1. The van der Waals surface area contributed by atoms with Gasteiger partial charge in [0.1, 0.15) is 0 Å². The van der Waals surface area contributed by atoms with Gasteiger partial charge in [0.05, 0.1) is 11.2 Å². The fraction of sp³-hybridized carbons (Fsp3) is 0.200. The summed E-state index contributed by atoms with van der Waals surface area (Å²) < 4.78 is 14.6. The van der Waals surface area contributed by atoms with Gasteiger partial charge >= 0.3 is 0 Å². The van der Waals surface area contributed by atoms with Gasteiger partial charge in [-0.2, -0.15) is 4.39 Å². The summed E-state index contributed by atoms with van der Waals surface area (Å²) in [7, 11) is 0. The summed E-state index contributed by atoms with van der Waals surface area (Å²) in [4.78, 5) is 15.2. The fourth-order valence-electron chi connectivity index (χ4n) is 1.48. The summed E-state index contributed by atoms with van der Waals surface area (Å²) in [6.07, 6.45) is 0. The highest BCUT2D eigenvalue weighted by molar-refractivity contribution is 5.92. The van der Waals surface area contributed by atoms with Crippen molar-refractivity contribution >= 4 is 11.3 Å². The first-order valence-corrected chi connectivity index (χ1v) is 4.26. The molecule has 2 heterocycles. The molecule has 14 heavy (non-hydrogen) atoms. The Hall–Kier alpha value is -1.71. The lowest BCUT2D eigenvalue weighted by Gasteiger charge is -1.98. The molecule has 2 aromatic rings. The third-order valence-corrected chi connectivity index (χ3v) is 2.11. The van der Waals surface area contributed by atoms with E-state index in [0.717, 1.165) is 0 Å². The highest BCUT2D eigenvalue weighted by Gasteiger charge is 2.13. The minimum absolute atomic E-state index is 0.149. The molecule has 0 aromatic carbocycles. The summed E-state index contributed by atoms with van der Waals surface area (Å²) in [6.45, 7) is 3.13. The molecule has 4 heteroatoms. The van der Waals surface area contributed by atoms with Crippen LogP contribution in [0.25, 0.3) is 5.52 Å². The summed E-state index contributed by atoms with van der Waals surface area (Å²) in [6, 6.07) is 4.64. The van der Waals surface area contributed by atoms with Crippen LogP contribution in [0.2, 0.25) is 0 Å². The van der Waals surface area contributed by atoms with Crippen molar-refractivity contribution in [2.75, 3.05) is 0 Å². The van der Waals surface area contributed by atoms with Gasteiger partial charge in [-0.3, -0.25) is 9.20 Å². The fourth-order valence-corrected chi connectivity index (χ4v) is 1.48. The van der Waals surface area contributed by atoms with E-state index in [4.69, 9.17) is 0 Å². The average molecular weight is 192 g/mol. The SMILES string of the molecule is CC(=O)c1nc(C)c2cccc(F)n12. The predicted octanol–water partition coefficient (Wildman–Crippen LogP) is 1.98. The largest absolute Gasteiger partial charge is 0.291 e. The molecule has 0 bridgehead atoms. The van der Waals surface area contributed by atoms with Gasteiger partial charge in [0.15, 0.2) is 17.6 Å². The Balaban J connectivity index is 2.93. The molecule has 0 spiro atoms. The van der Waals surface area contributed by atoms with Crippen LogP contribution >= 0.6 is 0 Å². The minimum Gasteiger partial charge on any atom is -0.291 e. The number of rotatable bonds is 1. The maximum absolute atomic E-state index is 13.4. The Morgan fingerprint density at radius 3 is 2.86 bits per heavy atom. The van der Waals surface area contributed by atoms with Crippen molar-refractivity contribution in [2.24, 2.45) is 0 Å². The number of aryl methyl sites for hydroxylation is 1. The van der Waals surface area contributed by atoms with Crippen LogP contribution in [0.15, 0.2) is 18.2 Å². The first-order chi connectivity index (χ1) is 6.61. The Labute approximate surface area is 80.2 Å². The van der Waals surface area contributed by atoms with Gasteiger partial charge in [0.25, 0.3) is 0 Å². The summed E-state index contributed by atoms with van der Waals surface area (Å²) in [5.74, 6) is -0.554. The Morgan fingerprint density at radius 1 is 1.50 bits per heavy atom. The zero-order valence-electron chi connectivity index (χ0n) is 7.91. The molecule has 3 nitrogen and oxygen atoms in total. The number of fused-ring (bicyclic) bond motifs is 1. The summed E-state index contributed by atoms with van der Waals surface area (Å²) >= 11 is 0. The lowest BCUT2D eigenvalue weighted by Crippen LogP contribution is -2.03. The van der Waals surface area contributed by atoms with Crippen molar-refractivity contribution in [3.8, 4) is 0 Å². The number of carbonyl (C=O) groups excluding carboxylic acids is 1. The molecule has 0 saturated carbocycles. The predicted molar refractivity (Wildman–Crippen MR) is 49.9 cm³/mol. The van der Waals surface area contributed by atoms with Crippen LogP contribution in [0.5, 0.6) is 0 Å². The van der Waals surface area contributed by atoms with Crippen molar-refractivity contribution in [3.05, 3.63) is 35.7 Å². The molecule has 0 fully saturated rings. The molecule has 0 aliphatic heterocycles. The highest BCUT2D eigenvalue weighted by Crippen LogP contribution is 2.14. The molecule has 2 aromatic heterocycles. The number of imidazole rings is 1. The lowest BCUT2D eigenvalue weighted by molar-refractivity contribution is 0.100. The van der Waals surface area contributed by atoms with Gasteiger partial charge < -0.3 is 0 Å². The van der Waals surface area contributed by atoms with E-state index in [0.29, 0.717) is 11.2 Å². The summed E-state index contributed by atoms with van der Waals surface area (Å²) in [5.41, 5.74) is 1.30. The molecule has 0 atom stereocenters. The van der Waals surface area contributed by atoms with Crippen molar-refractivity contribution in [3.63, 3.8) is 0 Å². The summed E-state index contributed by atoms with van der Waals surface area (Å²) in [5, 5.41) is 0. The Bertz CT molecular complexity index is 516. The van der Waals surface area contributed by atoms with Gasteiger partial charge in [-0.05, 0) is 19.1 Å². The van der Waals surface area contributed by atoms with E-state index in [1.54, 1.807) is 19.1 Å². The van der Waals surface area contributed by atoms with Crippen LogP contribution in [0.4, 0.5) is 4.39 Å². The van der Waals surface area contributed by atoms with E-state index in [-0.39, 0.29) is 11.6 Å². The third-order valence-electron chi connectivity index (χ3n) is 2.11. The molecule has 72 valence electrons. The standard InChI is InChI=1S/C10H9FN2O/c1-6-8-4-3-5-9(11)13(8)10(12-6)7(2)14/h3-5H,1-2H3. The second-order valence-corrected chi connectivity index (χ2v) is 3.15. The van der Waals surface area contributed by atoms with Crippen LogP contribution in [0, 0.1) is 12.9 Å². The number of nitrogens with zero attached hydrogens (tertiary/aromatic N) is 2. The molecule has 0 aliphatic carbocycles. The van der Waals surface area contributed by atoms with Gasteiger partial charge in [-0.1, -0.05) is 6.07 Å². The quantitative estimate of drug-likeness (QED) is 0.511. The van der Waals surface area contributed by atoms with Gasteiger partial charge in [0.2, 0.25) is 0 Å². The zero-order valence-corrected chi connectivity index (χ0v) is 7.91. The number of pyridine rings is 1. The molecule has 0 unspecified atom stereocenters. The topological polar surface area (TPSA) is 34.4 Å². The lowest BCUT2D eigenvalue weighted by atomic mass is 10.3. The zero-order chi connectivity index (χ0) is 10.3. The monoisotopic (exact) mass is 192 g/mol. The number of hydrogen-bond donors (Lipinski definition) is 0. The Morgan fingerprint density at radius 2 is 2.21 bits per heavy atom. The number of aromatic nitrogens is 2. The van der Waals surface area contributed by atoms with E-state index in [1.165, 1.54) is 17.4 Å². The minimum atomic E-state index is -0.465. The number of carbonyl (C=O) groups is 1. The van der Waals surface area contributed by atoms with Crippen molar-refractivity contribution < 1.29 is 9.18 Å². The molecule has 0 N–H and O–H groups in total. The van der Waals surface area contributed by atoms with Crippen molar-refractivity contribution in [1.82, 2.24) is 9.38 Å². The third kappa shape index (κ3) is 1.11. The maximum Gasteiger partial charge on any atom is 0.199 e. The van der Waals surface area contributed by atoms with E-state index < -0.39 is 5.95 Å². The van der Waals surface area contributed by atoms with Gasteiger partial charge in [-0.15, -0.1) is 0 Å². The first-order valence-electron chi connectivity index (χ1n) is 4.26. The molecule has 0 saturated heterocycles. The number of Topliss-reactive ketones (excluding diaryl/α,β-unsaturated/α-hetero) is 1. The second-order valence-electron chi connectivity index (χ2n) is 3.15. The van der Waals surface area contributed by atoms with Crippen LogP contribution in [-0.4, -0.2) is 15.2 Å². The highest BCUT2D eigenvalue weighted by atomic mass is 19.1. The van der Waals surface area contributed by atoms with E-state index in [1.807, 2.05) is 0 Å². The Kier molecular flexibility index (Phi) is 1.84. The number of halogens is 1. The van der Waals surface area contributed by atoms with E-state index >= 15 is 0 Å². The van der Waals surface area contributed by atoms with Crippen LogP contribution in [-0.2, 0) is 0 Å². The second kappa shape index (κ2) is 2.90. The first kappa shape index (κ1) is 8.87. The van der Waals surface area contributed by atoms with Crippen molar-refractivity contribution in [2.45, 2.75) is 13.8 Å². The smallest absolute Gasteiger partial charge is 0.199 e. The van der Waals surface area contributed by atoms with Gasteiger partial charge in [-0.25, -0.2) is 4.98 Å². The van der Waals surface area contributed by atoms with Gasteiger partial charge in [0, 0.05) is 6.92 Å². The number of hydrogen-bond acceptors (Lipinski definition) is 2. The molecule has 2 rings (SSSR count). The average Bonchev–Trinajstić information content (AvgIpc) is 2.46. The van der Waals surface area contributed by atoms with Crippen molar-refractivity contribution in [1.29, 1.82) is 0 Å². The van der Waals surface area contributed by atoms with Crippen LogP contribution in [0.3, 0.4) is 0 Å². The van der Waals surface area contributed by atoms with Crippen LogP contribution < -0.4 is 0 Å². The normalized spacial score (nSPS) is 10.8. The van der Waals surface area contributed by atoms with Crippen LogP contribution in [0.1, 0.15) is 23.2 Å². The molecular weight excluding hydrogens is 183 g/mol. The van der Waals surface area contributed by atoms with E-state index in [9.17, 15) is 9.18 Å². The maximum atomic E-state index is 13.4. The van der Waals surface area contributed by atoms with E-state index in [2.05, 4.69) is 4.98 Å². The molecule has 0 aliphatic rings.